The smallest absolute Gasteiger partial charge is 0.335 e. The number of esters is 1. The molecule has 0 spiro atoms. The van der Waals surface area contributed by atoms with Crippen molar-refractivity contribution >= 4 is 29.8 Å². The van der Waals surface area contributed by atoms with Crippen molar-refractivity contribution in [3.63, 3.8) is 0 Å². The van der Waals surface area contributed by atoms with Crippen molar-refractivity contribution < 1.29 is 53.9 Å². The van der Waals surface area contributed by atoms with E-state index in [1.54, 1.807) is 0 Å². The molecule has 0 unspecified atom stereocenters. The Morgan fingerprint density at radius 1 is 0.731 bits per heavy atom. The summed E-state index contributed by atoms with van der Waals surface area (Å²) in [6.07, 6.45) is -5.37. The summed E-state index contributed by atoms with van der Waals surface area (Å²) in [4.78, 5) is 56.7. The van der Waals surface area contributed by atoms with E-state index in [4.69, 9.17) is 25.2 Å². The minimum Gasteiger partial charge on any atom is -0.481 e. The third-order valence-corrected chi connectivity index (χ3v) is 4.33. The molecular formula is C15H20O11. The van der Waals surface area contributed by atoms with Crippen LogP contribution in [0.25, 0.3) is 0 Å². The monoisotopic (exact) mass is 376 g/mol. The van der Waals surface area contributed by atoms with Crippen LogP contribution in [0.5, 0.6) is 0 Å². The van der Waals surface area contributed by atoms with Crippen LogP contribution in [0.2, 0.25) is 0 Å². The Balaban J connectivity index is 3.37. The largest absolute Gasteiger partial charge is 0.481 e. The molecule has 1 saturated heterocycles. The van der Waals surface area contributed by atoms with Crippen molar-refractivity contribution in [3.8, 4) is 0 Å². The van der Waals surface area contributed by atoms with Gasteiger partial charge in [-0.2, -0.15) is 0 Å². The molecule has 5 atom stereocenters. The highest BCUT2D eigenvalue weighted by molar-refractivity contribution is 5.78. The van der Waals surface area contributed by atoms with E-state index in [1.807, 2.05) is 0 Å². The quantitative estimate of drug-likeness (QED) is 0.386. The number of hydrogen-bond donors (Lipinski definition) is 4. The molecule has 11 nitrogen and oxygen atoms in total. The number of carboxylic acids is 4. The maximum atomic E-state index is 12.0. The second-order valence-corrected chi connectivity index (χ2v) is 6.00. The fraction of sp³-hybridized carbons (Fsp3) is 0.667. The summed E-state index contributed by atoms with van der Waals surface area (Å²) in [7, 11) is 1.02. The third kappa shape index (κ3) is 5.69. The molecule has 0 bridgehead atoms. The van der Waals surface area contributed by atoms with Crippen LogP contribution in [0.3, 0.4) is 0 Å². The molecular weight excluding hydrogens is 356 g/mol. The van der Waals surface area contributed by atoms with Crippen molar-refractivity contribution in [2.24, 2.45) is 17.8 Å². The molecule has 0 saturated carbocycles. The van der Waals surface area contributed by atoms with Gasteiger partial charge in [-0.05, 0) is 11.8 Å². The first kappa shape index (κ1) is 21.4. The van der Waals surface area contributed by atoms with Gasteiger partial charge < -0.3 is 29.9 Å². The number of aliphatic carboxylic acids is 4. The highest BCUT2D eigenvalue weighted by Gasteiger charge is 2.50. The average molecular weight is 376 g/mol. The van der Waals surface area contributed by atoms with Gasteiger partial charge in [0.25, 0.3) is 0 Å². The van der Waals surface area contributed by atoms with E-state index >= 15 is 0 Å². The van der Waals surface area contributed by atoms with Gasteiger partial charge in [-0.1, -0.05) is 0 Å². The maximum absolute atomic E-state index is 12.0. The lowest BCUT2D eigenvalue weighted by atomic mass is 9.68. The molecule has 1 heterocycles. The van der Waals surface area contributed by atoms with Crippen molar-refractivity contribution in [1.29, 1.82) is 0 Å². The standard InChI is InChI=1S/C15H20O11/c1-25-15(24)14-8(4-12(20)21)6(2-10(16)17)7(3-11(18)19)9(26-14)5-13(22)23/h6-9,14H,2-5H2,1H3,(H,16,17)(H,18,19)(H,20,21)(H,22,23)/t6-,7+,8-,9-,14-/m0/s1. The Kier molecular flexibility index (Phi) is 7.50. The van der Waals surface area contributed by atoms with Crippen molar-refractivity contribution in [2.75, 3.05) is 7.11 Å². The van der Waals surface area contributed by atoms with Crippen LogP contribution in [0, 0.1) is 17.8 Å². The molecule has 0 aromatic heterocycles. The molecule has 1 rings (SSSR count). The molecule has 1 fully saturated rings. The topological polar surface area (TPSA) is 185 Å². The first-order valence-corrected chi connectivity index (χ1v) is 7.67. The zero-order valence-electron chi connectivity index (χ0n) is 13.9. The van der Waals surface area contributed by atoms with E-state index in [-0.39, 0.29) is 0 Å². The second-order valence-electron chi connectivity index (χ2n) is 6.00. The lowest BCUT2D eigenvalue weighted by molar-refractivity contribution is -0.196. The Labute approximate surface area is 147 Å². The van der Waals surface area contributed by atoms with Crippen LogP contribution >= 0.6 is 0 Å². The minimum absolute atomic E-state index is 0.625. The van der Waals surface area contributed by atoms with E-state index in [9.17, 15) is 24.0 Å². The number of carbonyl (C=O) groups excluding carboxylic acids is 1. The number of carbonyl (C=O) groups is 5. The first-order valence-electron chi connectivity index (χ1n) is 7.67. The maximum Gasteiger partial charge on any atom is 0.335 e. The SMILES string of the molecule is COC(=O)[C@H]1O[C@@H](CC(=O)O)[C@H](CC(=O)O)[C@H](CC(=O)O)[C@@H]1CC(=O)O. The van der Waals surface area contributed by atoms with E-state index in [2.05, 4.69) is 4.74 Å². The molecule has 4 N–H and O–H groups in total. The summed E-state index contributed by atoms with van der Waals surface area (Å²) in [6, 6.07) is 0. The van der Waals surface area contributed by atoms with Crippen LogP contribution in [0.1, 0.15) is 25.7 Å². The van der Waals surface area contributed by atoms with Gasteiger partial charge in [0.05, 0.1) is 32.5 Å². The van der Waals surface area contributed by atoms with E-state index in [0.717, 1.165) is 7.11 Å². The van der Waals surface area contributed by atoms with Gasteiger partial charge in [0.1, 0.15) is 0 Å². The molecule has 0 aliphatic carbocycles. The van der Waals surface area contributed by atoms with E-state index < -0.39 is 85.5 Å². The Hall–Kier alpha value is -2.69. The van der Waals surface area contributed by atoms with Crippen LogP contribution < -0.4 is 0 Å². The Morgan fingerprint density at radius 3 is 1.58 bits per heavy atom. The first-order chi connectivity index (χ1) is 12.1. The number of methoxy groups -OCH3 is 1. The molecule has 0 aromatic carbocycles. The minimum atomic E-state index is -1.50. The van der Waals surface area contributed by atoms with E-state index in [1.165, 1.54) is 0 Å². The number of carboxylic acid groups (broad SMARTS) is 4. The van der Waals surface area contributed by atoms with Crippen LogP contribution in [0.4, 0.5) is 0 Å². The predicted octanol–water partition coefficient (Wildman–Crippen LogP) is -0.326. The molecule has 1 aliphatic rings. The number of rotatable bonds is 9. The second kappa shape index (κ2) is 9.13. The summed E-state index contributed by atoms with van der Waals surface area (Å²) >= 11 is 0. The summed E-state index contributed by atoms with van der Waals surface area (Å²) in [5, 5.41) is 36.4. The van der Waals surface area contributed by atoms with Crippen molar-refractivity contribution in [1.82, 2.24) is 0 Å². The highest BCUT2D eigenvalue weighted by Crippen LogP contribution is 2.42. The molecule has 1 aliphatic heterocycles. The van der Waals surface area contributed by atoms with Gasteiger partial charge in [0.15, 0.2) is 6.10 Å². The molecule has 0 amide bonds. The van der Waals surface area contributed by atoms with Gasteiger partial charge in [0, 0.05) is 12.3 Å². The highest BCUT2D eigenvalue weighted by atomic mass is 16.6. The average Bonchev–Trinajstić information content (AvgIpc) is 2.50. The molecule has 26 heavy (non-hydrogen) atoms. The summed E-state index contributed by atoms with van der Waals surface area (Å²) in [6.45, 7) is 0. The fourth-order valence-corrected chi connectivity index (χ4v) is 3.37. The normalized spacial score (nSPS) is 28.1. The zero-order chi connectivity index (χ0) is 20.0. The third-order valence-electron chi connectivity index (χ3n) is 4.33. The predicted molar refractivity (Wildman–Crippen MR) is 80.2 cm³/mol. The van der Waals surface area contributed by atoms with Crippen LogP contribution in [-0.4, -0.2) is 69.6 Å². The Morgan fingerprint density at radius 2 is 1.15 bits per heavy atom. The van der Waals surface area contributed by atoms with Gasteiger partial charge in [-0.15, -0.1) is 0 Å². The zero-order valence-corrected chi connectivity index (χ0v) is 13.9. The van der Waals surface area contributed by atoms with Gasteiger partial charge >= 0.3 is 29.8 Å². The summed E-state index contributed by atoms with van der Waals surface area (Å²) < 4.78 is 9.97. The molecule has 0 aromatic rings. The van der Waals surface area contributed by atoms with E-state index in [0.29, 0.717) is 0 Å². The van der Waals surface area contributed by atoms with Crippen LogP contribution in [-0.2, 0) is 33.4 Å². The fourth-order valence-electron chi connectivity index (χ4n) is 3.37. The summed E-state index contributed by atoms with van der Waals surface area (Å²) in [5.41, 5.74) is 0. The number of ether oxygens (including phenoxy) is 2. The van der Waals surface area contributed by atoms with Gasteiger partial charge in [-0.3, -0.25) is 19.2 Å². The van der Waals surface area contributed by atoms with Gasteiger partial charge in [-0.25, -0.2) is 4.79 Å². The molecule has 11 heteroatoms. The van der Waals surface area contributed by atoms with Crippen LogP contribution in [0.15, 0.2) is 0 Å². The molecule has 0 radical (unpaired) electrons. The summed E-state index contributed by atoms with van der Waals surface area (Å²) in [5.74, 6) is -9.67. The number of hydrogen-bond acceptors (Lipinski definition) is 7. The van der Waals surface area contributed by atoms with Crippen molar-refractivity contribution in [3.05, 3.63) is 0 Å². The van der Waals surface area contributed by atoms with Crippen molar-refractivity contribution in [2.45, 2.75) is 37.9 Å². The Bertz CT molecular complexity index is 584. The lowest BCUT2D eigenvalue weighted by Crippen LogP contribution is -2.53. The molecule has 146 valence electrons. The lowest BCUT2D eigenvalue weighted by Gasteiger charge is -2.44. The van der Waals surface area contributed by atoms with Gasteiger partial charge in [0.2, 0.25) is 0 Å².